The van der Waals surface area contributed by atoms with Crippen LogP contribution in [0.1, 0.15) is 42.9 Å². The lowest BCUT2D eigenvalue weighted by Gasteiger charge is -2.29. The second kappa shape index (κ2) is 9.00. The highest BCUT2D eigenvalue weighted by Gasteiger charge is 2.24. The number of sulfone groups is 1. The first-order valence-electron chi connectivity index (χ1n) is 10.2. The fourth-order valence-electron chi connectivity index (χ4n) is 3.83. The molecular weight excluding hydrogens is 400 g/mol. The number of hydrogen-bond donors (Lipinski definition) is 1. The fourth-order valence-corrected chi connectivity index (χ4v) is 5.12. The van der Waals surface area contributed by atoms with E-state index in [2.05, 4.69) is 5.32 Å². The van der Waals surface area contributed by atoms with Crippen molar-refractivity contribution in [2.75, 3.05) is 22.5 Å². The van der Waals surface area contributed by atoms with Gasteiger partial charge >= 0.3 is 0 Å². The second-order valence-corrected chi connectivity index (χ2v) is 9.90. The number of amides is 2. The standard InChI is InChI=1S/C23H28N2O4S/c1-4-23(27)25-10-5-6-18-15-20(7-8-21(18)25)30(28,29)11-9-22(26)24-19-13-16(2)12-17(3)14-19/h7-8,12-15H,4-6,9-11H2,1-3H3,(H,24,26). The van der Waals surface area contributed by atoms with Gasteiger partial charge in [0.25, 0.3) is 0 Å². The number of anilines is 2. The average Bonchev–Trinajstić information content (AvgIpc) is 2.70. The summed E-state index contributed by atoms with van der Waals surface area (Å²) in [5.74, 6) is -0.559. The van der Waals surface area contributed by atoms with E-state index in [0.29, 0.717) is 18.7 Å². The van der Waals surface area contributed by atoms with Crippen LogP contribution in [0, 0.1) is 13.8 Å². The summed E-state index contributed by atoms with van der Waals surface area (Å²) in [7, 11) is -3.61. The Morgan fingerprint density at radius 3 is 2.43 bits per heavy atom. The van der Waals surface area contributed by atoms with Crippen molar-refractivity contribution < 1.29 is 18.0 Å². The van der Waals surface area contributed by atoms with Gasteiger partial charge in [0.1, 0.15) is 0 Å². The van der Waals surface area contributed by atoms with Gasteiger partial charge in [0, 0.05) is 30.8 Å². The van der Waals surface area contributed by atoms with Crippen LogP contribution >= 0.6 is 0 Å². The monoisotopic (exact) mass is 428 g/mol. The topological polar surface area (TPSA) is 83.6 Å². The minimum absolute atomic E-state index is 0.0367. The Bertz CT molecular complexity index is 1060. The summed E-state index contributed by atoms with van der Waals surface area (Å²) in [5.41, 5.74) is 4.39. The molecule has 3 rings (SSSR count). The van der Waals surface area contributed by atoms with Crippen LogP contribution in [0.3, 0.4) is 0 Å². The van der Waals surface area contributed by atoms with Crippen LogP contribution in [0.15, 0.2) is 41.3 Å². The molecule has 2 amide bonds. The zero-order valence-corrected chi connectivity index (χ0v) is 18.5. The van der Waals surface area contributed by atoms with Crippen molar-refractivity contribution in [3.63, 3.8) is 0 Å². The second-order valence-electron chi connectivity index (χ2n) is 7.79. The summed E-state index contributed by atoms with van der Waals surface area (Å²) in [6, 6.07) is 10.6. The van der Waals surface area contributed by atoms with Crippen molar-refractivity contribution >= 4 is 33.0 Å². The summed E-state index contributed by atoms with van der Waals surface area (Å²) < 4.78 is 25.6. The number of carbonyl (C=O) groups is 2. The molecule has 6 nitrogen and oxygen atoms in total. The molecule has 1 N–H and O–H groups in total. The van der Waals surface area contributed by atoms with Gasteiger partial charge < -0.3 is 10.2 Å². The van der Waals surface area contributed by atoms with Crippen molar-refractivity contribution in [1.29, 1.82) is 0 Å². The van der Waals surface area contributed by atoms with Gasteiger partial charge in [0.15, 0.2) is 9.84 Å². The van der Waals surface area contributed by atoms with Crippen LogP contribution in [-0.2, 0) is 25.8 Å². The number of rotatable bonds is 6. The summed E-state index contributed by atoms with van der Waals surface area (Å²) in [6.45, 7) is 6.36. The van der Waals surface area contributed by atoms with Crippen LogP contribution < -0.4 is 10.2 Å². The molecule has 0 bridgehead atoms. The lowest BCUT2D eigenvalue weighted by molar-refractivity contribution is -0.118. The summed E-state index contributed by atoms with van der Waals surface area (Å²) in [6.07, 6.45) is 1.84. The molecule has 2 aromatic carbocycles. The summed E-state index contributed by atoms with van der Waals surface area (Å²) in [4.78, 5) is 26.4. The van der Waals surface area contributed by atoms with Gasteiger partial charge in [0.2, 0.25) is 11.8 Å². The zero-order chi connectivity index (χ0) is 21.9. The Labute approximate surface area is 178 Å². The molecule has 160 valence electrons. The van der Waals surface area contributed by atoms with Gasteiger partial charge in [-0.15, -0.1) is 0 Å². The Morgan fingerprint density at radius 2 is 1.77 bits per heavy atom. The van der Waals surface area contributed by atoms with Gasteiger partial charge in [-0.25, -0.2) is 8.42 Å². The van der Waals surface area contributed by atoms with E-state index in [0.717, 1.165) is 35.2 Å². The quantitative estimate of drug-likeness (QED) is 0.759. The molecule has 0 saturated carbocycles. The van der Waals surface area contributed by atoms with E-state index in [1.807, 2.05) is 39.0 Å². The highest BCUT2D eigenvalue weighted by Crippen LogP contribution is 2.30. The highest BCUT2D eigenvalue weighted by atomic mass is 32.2. The van der Waals surface area contributed by atoms with E-state index < -0.39 is 9.84 Å². The molecule has 0 spiro atoms. The maximum absolute atomic E-state index is 12.8. The number of fused-ring (bicyclic) bond motifs is 1. The van der Waals surface area contributed by atoms with E-state index in [1.54, 1.807) is 17.0 Å². The molecule has 0 aromatic heterocycles. The van der Waals surface area contributed by atoms with E-state index in [9.17, 15) is 18.0 Å². The van der Waals surface area contributed by atoms with Crippen LogP contribution in [0.25, 0.3) is 0 Å². The number of nitrogens with zero attached hydrogens (tertiary/aromatic N) is 1. The van der Waals surface area contributed by atoms with Crippen LogP contribution in [-0.4, -0.2) is 32.5 Å². The number of hydrogen-bond acceptors (Lipinski definition) is 4. The number of carbonyl (C=O) groups excluding carboxylic acids is 2. The lowest BCUT2D eigenvalue weighted by atomic mass is 10.0. The van der Waals surface area contributed by atoms with Crippen LogP contribution in [0.2, 0.25) is 0 Å². The van der Waals surface area contributed by atoms with Gasteiger partial charge in [-0.1, -0.05) is 13.0 Å². The molecule has 0 fully saturated rings. The van der Waals surface area contributed by atoms with Gasteiger partial charge in [-0.05, 0) is 73.7 Å². The van der Waals surface area contributed by atoms with Crippen molar-refractivity contribution in [3.8, 4) is 0 Å². The first-order chi connectivity index (χ1) is 14.2. The summed E-state index contributed by atoms with van der Waals surface area (Å²) >= 11 is 0. The van der Waals surface area contributed by atoms with E-state index in [-0.39, 0.29) is 28.9 Å². The third-order valence-corrected chi connectivity index (χ3v) is 6.95. The van der Waals surface area contributed by atoms with E-state index in [4.69, 9.17) is 0 Å². The predicted octanol–water partition coefficient (Wildman–Crippen LogP) is 3.80. The number of aryl methyl sites for hydroxylation is 3. The van der Waals surface area contributed by atoms with Crippen molar-refractivity contribution in [2.24, 2.45) is 0 Å². The normalized spacial score (nSPS) is 13.6. The third kappa shape index (κ3) is 5.08. The largest absolute Gasteiger partial charge is 0.326 e. The molecule has 1 heterocycles. The number of benzene rings is 2. The van der Waals surface area contributed by atoms with Crippen molar-refractivity contribution in [3.05, 3.63) is 53.1 Å². The van der Waals surface area contributed by atoms with Crippen LogP contribution in [0.4, 0.5) is 11.4 Å². The molecule has 0 atom stereocenters. The molecule has 1 aliphatic rings. The molecule has 7 heteroatoms. The predicted molar refractivity (Wildman–Crippen MR) is 119 cm³/mol. The average molecular weight is 429 g/mol. The molecule has 0 unspecified atom stereocenters. The Morgan fingerprint density at radius 1 is 1.07 bits per heavy atom. The first-order valence-corrected chi connectivity index (χ1v) is 11.9. The minimum Gasteiger partial charge on any atom is -0.326 e. The first kappa shape index (κ1) is 22.0. The molecular formula is C23H28N2O4S. The fraction of sp³-hybridized carbons (Fsp3) is 0.391. The molecule has 2 aromatic rings. The molecule has 0 aliphatic carbocycles. The van der Waals surface area contributed by atoms with E-state index in [1.165, 1.54) is 6.07 Å². The number of nitrogens with one attached hydrogen (secondary N) is 1. The Kier molecular flexibility index (Phi) is 6.61. The van der Waals surface area contributed by atoms with Gasteiger partial charge in [-0.3, -0.25) is 9.59 Å². The van der Waals surface area contributed by atoms with Gasteiger partial charge in [0.05, 0.1) is 10.6 Å². The Hall–Kier alpha value is -2.67. The SMILES string of the molecule is CCC(=O)N1CCCc2cc(S(=O)(=O)CCC(=O)Nc3cc(C)cc(C)c3)ccc21. The smallest absolute Gasteiger partial charge is 0.226 e. The van der Waals surface area contributed by atoms with Gasteiger partial charge in [-0.2, -0.15) is 0 Å². The zero-order valence-electron chi connectivity index (χ0n) is 17.7. The minimum atomic E-state index is -3.61. The third-order valence-electron chi connectivity index (χ3n) is 5.24. The van der Waals surface area contributed by atoms with Crippen molar-refractivity contribution in [1.82, 2.24) is 0 Å². The lowest BCUT2D eigenvalue weighted by Crippen LogP contribution is -2.35. The molecule has 30 heavy (non-hydrogen) atoms. The highest BCUT2D eigenvalue weighted by molar-refractivity contribution is 7.91. The maximum Gasteiger partial charge on any atom is 0.226 e. The molecule has 0 radical (unpaired) electrons. The van der Waals surface area contributed by atoms with Crippen LogP contribution in [0.5, 0.6) is 0 Å². The summed E-state index contributed by atoms with van der Waals surface area (Å²) in [5, 5.41) is 2.77. The molecule has 1 aliphatic heterocycles. The maximum atomic E-state index is 12.8. The van der Waals surface area contributed by atoms with Crippen molar-refractivity contribution in [2.45, 2.75) is 51.3 Å². The molecule has 0 saturated heterocycles. The Balaban J connectivity index is 1.70. The van der Waals surface area contributed by atoms with E-state index >= 15 is 0 Å².